The van der Waals surface area contributed by atoms with Crippen molar-refractivity contribution in [2.24, 2.45) is 5.73 Å². The van der Waals surface area contributed by atoms with Crippen molar-refractivity contribution in [2.75, 3.05) is 0 Å². The number of hydrogen-bond donors (Lipinski definition) is 1. The maximum Gasteiger partial charge on any atom is 0.0574 e. The molecule has 18 heavy (non-hydrogen) atoms. The fourth-order valence-electron chi connectivity index (χ4n) is 1.77. The minimum Gasteiger partial charge on any atom is -0.326 e. The summed E-state index contributed by atoms with van der Waals surface area (Å²) in [5.74, 6) is 0.539. The van der Waals surface area contributed by atoms with Crippen LogP contribution in [0.4, 0.5) is 0 Å². The fourth-order valence-corrected chi connectivity index (χ4v) is 2.86. The molecule has 0 aromatic heterocycles. The first-order valence-electron chi connectivity index (χ1n) is 5.92. The van der Waals surface area contributed by atoms with Gasteiger partial charge in [-0.2, -0.15) is 0 Å². The van der Waals surface area contributed by atoms with Crippen LogP contribution in [0.15, 0.2) is 53.4 Å². The van der Waals surface area contributed by atoms with Crippen LogP contribution in [0, 0.1) is 6.92 Å². The number of benzene rings is 2. The molecule has 0 amide bonds. The van der Waals surface area contributed by atoms with E-state index in [0.29, 0.717) is 12.3 Å². The van der Waals surface area contributed by atoms with Crippen molar-refractivity contribution in [3.63, 3.8) is 0 Å². The van der Waals surface area contributed by atoms with Gasteiger partial charge in [0, 0.05) is 11.4 Å². The third-order valence-corrected chi connectivity index (χ3v) is 4.20. The van der Waals surface area contributed by atoms with E-state index in [0.717, 1.165) is 16.0 Å². The summed E-state index contributed by atoms with van der Waals surface area (Å²) in [5, 5.41) is 0. The lowest BCUT2D eigenvalue weighted by Gasteiger charge is -2.05. The third-order valence-electron chi connectivity index (χ3n) is 2.81. The summed E-state index contributed by atoms with van der Waals surface area (Å²) in [4.78, 5) is 0.874. The highest BCUT2D eigenvalue weighted by Crippen LogP contribution is 2.14. The molecule has 1 unspecified atom stereocenters. The first-order chi connectivity index (χ1) is 8.69. The van der Waals surface area contributed by atoms with E-state index < -0.39 is 10.8 Å². The molecule has 0 saturated heterocycles. The van der Waals surface area contributed by atoms with Crippen molar-refractivity contribution in [3.05, 3.63) is 65.2 Å². The van der Waals surface area contributed by atoms with Gasteiger partial charge in [-0.1, -0.05) is 42.0 Å². The molecule has 0 aliphatic carbocycles. The van der Waals surface area contributed by atoms with Crippen molar-refractivity contribution < 1.29 is 4.21 Å². The van der Waals surface area contributed by atoms with Gasteiger partial charge in [-0.25, -0.2) is 0 Å². The largest absolute Gasteiger partial charge is 0.326 e. The molecule has 0 aliphatic rings. The second-order valence-electron chi connectivity index (χ2n) is 4.33. The Morgan fingerprint density at radius 3 is 2.39 bits per heavy atom. The Labute approximate surface area is 110 Å². The summed E-state index contributed by atoms with van der Waals surface area (Å²) in [6.45, 7) is 2.54. The van der Waals surface area contributed by atoms with Gasteiger partial charge in [-0.3, -0.25) is 4.21 Å². The maximum absolute atomic E-state index is 12.2. The average Bonchev–Trinajstić information content (AvgIpc) is 2.39. The molecular formula is C15H17NOS. The van der Waals surface area contributed by atoms with Crippen LogP contribution in [0.5, 0.6) is 0 Å². The number of hydrogen-bond acceptors (Lipinski definition) is 2. The number of aryl methyl sites for hydroxylation is 1. The quantitative estimate of drug-likeness (QED) is 0.917. The Bertz CT molecular complexity index is 549. The molecule has 1 atom stereocenters. The molecule has 94 valence electrons. The Morgan fingerprint density at radius 1 is 1.06 bits per heavy atom. The average molecular weight is 259 g/mol. The molecule has 2 aromatic rings. The van der Waals surface area contributed by atoms with Crippen molar-refractivity contribution in [1.82, 2.24) is 0 Å². The van der Waals surface area contributed by atoms with Crippen LogP contribution in [-0.4, -0.2) is 4.21 Å². The van der Waals surface area contributed by atoms with Crippen molar-refractivity contribution in [3.8, 4) is 0 Å². The molecule has 3 heteroatoms. The van der Waals surface area contributed by atoms with Gasteiger partial charge in [0.1, 0.15) is 0 Å². The van der Waals surface area contributed by atoms with E-state index in [-0.39, 0.29) is 0 Å². The molecule has 2 aromatic carbocycles. The molecule has 0 radical (unpaired) electrons. The summed E-state index contributed by atoms with van der Waals surface area (Å²) < 4.78 is 12.2. The van der Waals surface area contributed by atoms with E-state index >= 15 is 0 Å². The van der Waals surface area contributed by atoms with Crippen LogP contribution in [0.1, 0.15) is 16.7 Å². The van der Waals surface area contributed by atoms with Crippen molar-refractivity contribution in [2.45, 2.75) is 24.1 Å². The van der Waals surface area contributed by atoms with Gasteiger partial charge in [0.2, 0.25) is 0 Å². The second-order valence-corrected chi connectivity index (χ2v) is 5.78. The van der Waals surface area contributed by atoms with E-state index in [2.05, 4.69) is 0 Å². The molecular weight excluding hydrogens is 242 g/mol. The Morgan fingerprint density at radius 2 is 1.72 bits per heavy atom. The predicted octanol–water partition coefficient (Wildman–Crippen LogP) is 2.76. The fraction of sp³-hybridized carbons (Fsp3) is 0.200. The Hall–Kier alpha value is -1.45. The number of rotatable bonds is 4. The summed E-state index contributed by atoms with van der Waals surface area (Å²) in [7, 11) is -0.994. The molecule has 0 saturated carbocycles. The lowest BCUT2D eigenvalue weighted by atomic mass is 10.1. The molecule has 0 aliphatic heterocycles. The highest BCUT2D eigenvalue weighted by atomic mass is 32.2. The van der Waals surface area contributed by atoms with Gasteiger partial charge >= 0.3 is 0 Å². The zero-order chi connectivity index (χ0) is 13.0. The first-order valence-corrected chi connectivity index (χ1v) is 7.24. The topological polar surface area (TPSA) is 43.1 Å². The van der Waals surface area contributed by atoms with Crippen LogP contribution in [0.25, 0.3) is 0 Å². The summed E-state index contributed by atoms with van der Waals surface area (Å²) in [5.41, 5.74) is 8.93. The van der Waals surface area contributed by atoms with Gasteiger partial charge in [-0.05, 0) is 30.2 Å². The molecule has 2 rings (SSSR count). The standard InChI is InChI=1S/C15H17NOS/c1-12-5-7-15(8-6-12)18(17)11-14-4-2-3-13(9-14)10-16/h2-9H,10-11,16H2,1H3. The van der Waals surface area contributed by atoms with Crippen LogP contribution in [-0.2, 0) is 23.1 Å². The highest BCUT2D eigenvalue weighted by Gasteiger charge is 2.05. The van der Waals surface area contributed by atoms with Crippen molar-refractivity contribution in [1.29, 1.82) is 0 Å². The SMILES string of the molecule is Cc1ccc(S(=O)Cc2cccc(CN)c2)cc1. The van der Waals surface area contributed by atoms with E-state index in [1.165, 1.54) is 5.56 Å². The van der Waals surface area contributed by atoms with Crippen LogP contribution >= 0.6 is 0 Å². The molecule has 0 bridgehead atoms. The summed E-state index contributed by atoms with van der Waals surface area (Å²) >= 11 is 0. The summed E-state index contributed by atoms with van der Waals surface area (Å²) in [6.07, 6.45) is 0. The molecule has 2 N–H and O–H groups in total. The maximum atomic E-state index is 12.2. The zero-order valence-electron chi connectivity index (χ0n) is 10.4. The highest BCUT2D eigenvalue weighted by molar-refractivity contribution is 7.84. The zero-order valence-corrected chi connectivity index (χ0v) is 11.2. The smallest absolute Gasteiger partial charge is 0.0574 e. The predicted molar refractivity (Wildman–Crippen MR) is 75.6 cm³/mol. The van der Waals surface area contributed by atoms with E-state index in [4.69, 9.17) is 5.73 Å². The minimum absolute atomic E-state index is 0.519. The third kappa shape index (κ3) is 3.28. The van der Waals surface area contributed by atoms with Gasteiger partial charge in [0.25, 0.3) is 0 Å². The number of nitrogens with two attached hydrogens (primary N) is 1. The Balaban J connectivity index is 2.13. The second kappa shape index (κ2) is 5.94. The Kier molecular flexibility index (Phi) is 4.28. The molecule has 2 nitrogen and oxygen atoms in total. The van der Waals surface area contributed by atoms with Gasteiger partial charge in [0.05, 0.1) is 16.6 Å². The van der Waals surface area contributed by atoms with Crippen LogP contribution < -0.4 is 5.73 Å². The molecule has 0 fully saturated rings. The molecule has 0 spiro atoms. The van der Waals surface area contributed by atoms with Crippen molar-refractivity contribution >= 4 is 10.8 Å². The lowest BCUT2D eigenvalue weighted by Crippen LogP contribution is -2.00. The van der Waals surface area contributed by atoms with Crippen LogP contribution in [0.3, 0.4) is 0 Å². The van der Waals surface area contributed by atoms with Gasteiger partial charge < -0.3 is 5.73 Å². The normalized spacial score (nSPS) is 12.3. The van der Waals surface area contributed by atoms with Crippen LogP contribution in [0.2, 0.25) is 0 Å². The van der Waals surface area contributed by atoms with E-state index in [9.17, 15) is 4.21 Å². The lowest BCUT2D eigenvalue weighted by molar-refractivity contribution is 0.682. The van der Waals surface area contributed by atoms with E-state index in [1.807, 2.05) is 55.5 Å². The summed E-state index contributed by atoms with van der Waals surface area (Å²) in [6, 6.07) is 15.8. The minimum atomic E-state index is -0.994. The van der Waals surface area contributed by atoms with Gasteiger partial charge in [0.15, 0.2) is 0 Å². The molecule has 0 heterocycles. The first kappa shape index (κ1) is 13.0. The monoisotopic (exact) mass is 259 g/mol. The van der Waals surface area contributed by atoms with Gasteiger partial charge in [-0.15, -0.1) is 0 Å². The van der Waals surface area contributed by atoms with E-state index in [1.54, 1.807) is 0 Å².